The van der Waals surface area contributed by atoms with Gasteiger partial charge in [0.2, 0.25) is 0 Å². The maximum atomic E-state index is 12.0. The molecule has 13 heteroatoms. The van der Waals surface area contributed by atoms with E-state index in [1.807, 2.05) is 36.4 Å². The van der Waals surface area contributed by atoms with Crippen molar-refractivity contribution in [2.75, 3.05) is 0 Å². The maximum Gasteiger partial charge on any atom is 2.00 e. The van der Waals surface area contributed by atoms with Crippen molar-refractivity contribution >= 4 is 58.0 Å². The quantitative estimate of drug-likeness (QED) is 0.0272. The molecule has 0 spiro atoms. The van der Waals surface area contributed by atoms with Crippen LogP contribution in [0.3, 0.4) is 0 Å². The monoisotopic (exact) mass is 962 g/mol. The van der Waals surface area contributed by atoms with Crippen molar-refractivity contribution in [2.45, 2.75) is 191 Å². The molecule has 2 N–H and O–H groups in total. The summed E-state index contributed by atoms with van der Waals surface area (Å²) >= 11 is 0. The van der Waals surface area contributed by atoms with E-state index in [9.17, 15) is 36.2 Å². The van der Waals surface area contributed by atoms with Crippen LogP contribution in [0.2, 0.25) is 0 Å². The molecular weight excluding hydrogens is 889 g/mol. The van der Waals surface area contributed by atoms with E-state index in [0.29, 0.717) is 11.5 Å². The number of aryl methyl sites for hydroxylation is 2. The number of phenolic OH excluding ortho intramolecular Hbond substituents is 1. The van der Waals surface area contributed by atoms with Gasteiger partial charge >= 0.3 is 37.7 Å². The molecule has 0 unspecified atom stereocenters. The Labute approximate surface area is 421 Å². The molecule has 4 aromatic rings. The second-order valence-corrected chi connectivity index (χ2v) is 19.7. The molecule has 0 amide bonds. The minimum atomic E-state index is -4.64. The van der Waals surface area contributed by atoms with Crippen LogP contribution in [0.25, 0.3) is 0 Å². The first-order chi connectivity index (χ1) is 30.8. The van der Waals surface area contributed by atoms with Crippen LogP contribution in [0.4, 0.5) is 0 Å². The van der Waals surface area contributed by atoms with Gasteiger partial charge in [-0.05, 0) is 85.3 Å². The number of aromatic hydroxyl groups is 1. The first kappa shape index (κ1) is 58.3. The fraction of sp³-hybridized carbons (Fsp3) is 0.538. The summed E-state index contributed by atoms with van der Waals surface area (Å²) in [6.07, 6.45) is 33.4. The molecule has 10 nitrogen and oxygen atoms in total. The predicted octanol–water partition coefficient (Wildman–Crippen LogP) is 14.0. The van der Waals surface area contributed by atoms with Crippen molar-refractivity contribution in [2.24, 2.45) is 0 Å². The van der Waals surface area contributed by atoms with Crippen LogP contribution < -0.4 is 14.6 Å². The zero-order valence-electron chi connectivity index (χ0n) is 39.2. The molecule has 0 aliphatic heterocycles. The number of hydrogen-bond acceptors (Lipinski definition) is 9. The van der Waals surface area contributed by atoms with E-state index in [2.05, 4.69) is 13.8 Å². The summed E-state index contributed by atoms with van der Waals surface area (Å²) < 4.78 is 76.6. The van der Waals surface area contributed by atoms with Crippen molar-refractivity contribution in [3.8, 4) is 34.5 Å². The van der Waals surface area contributed by atoms with Crippen LogP contribution in [-0.4, -0.2) is 68.8 Å². The Morgan fingerprint density at radius 3 is 1.25 bits per heavy atom. The van der Waals surface area contributed by atoms with Crippen molar-refractivity contribution < 1.29 is 45.6 Å². The molecular formula is C52H74CaO10S2. The smallest absolute Gasteiger partial charge is 0.870 e. The van der Waals surface area contributed by atoms with E-state index in [0.717, 1.165) is 67.1 Å². The molecule has 0 aliphatic carbocycles. The third kappa shape index (κ3) is 25.8. The fourth-order valence-electron chi connectivity index (χ4n) is 7.58. The van der Waals surface area contributed by atoms with Gasteiger partial charge < -0.3 is 24.2 Å². The van der Waals surface area contributed by atoms with Gasteiger partial charge in [0.25, 0.3) is 10.1 Å². The molecule has 65 heavy (non-hydrogen) atoms. The molecule has 0 aliphatic rings. The van der Waals surface area contributed by atoms with E-state index in [4.69, 9.17) is 9.47 Å². The van der Waals surface area contributed by atoms with Crippen LogP contribution in [0.1, 0.15) is 179 Å². The Hall–Kier alpha value is -2.84. The van der Waals surface area contributed by atoms with Gasteiger partial charge in [0, 0.05) is 6.07 Å². The predicted molar refractivity (Wildman–Crippen MR) is 260 cm³/mol. The Bertz CT molecular complexity index is 1970. The molecule has 4 aromatic carbocycles. The number of benzene rings is 4. The summed E-state index contributed by atoms with van der Waals surface area (Å²) in [4.78, 5) is -0.794. The van der Waals surface area contributed by atoms with Crippen molar-refractivity contribution in [1.29, 1.82) is 0 Å². The van der Waals surface area contributed by atoms with E-state index < -0.39 is 30.9 Å². The SMILES string of the molecule is CCCCCCCCCCCCCCc1cccc(Oc2cc(S(=O)(=O)O)ccc2O)c1.CCCCCCCCCCCCCCc1cccc(Oc2cc(S(=O)(=O)[O-])ccc2[O-])c1.[Ca+2]. The molecule has 0 radical (unpaired) electrons. The largest absolute Gasteiger partial charge is 2.00 e. The Morgan fingerprint density at radius 2 is 0.846 bits per heavy atom. The minimum Gasteiger partial charge on any atom is -0.870 e. The summed E-state index contributed by atoms with van der Waals surface area (Å²) in [7, 11) is -9.01. The molecule has 0 saturated heterocycles. The van der Waals surface area contributed by atoms with Gasteiger partial charge in [-0.2, -0.15) is 8.42 Å². The molecule has 0 saturated carbocycles. The molecule has 0 fully saturated rings. The van der Waals surface area contributed by atoms with Crippen molar-refractivity contribution in [3.63, 3.8) is 0 Å². The molecule has 0 aromatic heterocycles. The van der Waals surface area contributed by atoms with E-state index in [1.165, 1.54) is 147 Å². The zero-order valence-corrected chi connectivity index (χ0v) is 43.0. The van der Waals surface area contributed by atoms with Crippen LogP contribution in [0.15, 0.2) is 94.7 Å². The van der Waals surface area contributed by atoms with Gasteiger partial charge in [0.1, 0.15) is 27.4 Å². The average molecular weight is 963 g/mol. The molecule has 0 bridgehead atoms. The normalized spacial score (nSPS) is 11.4. The summed E-state index contributed by atoms with van der Waals surface area (Å²) in [6.45, 7) is 4.51. The number of unbranched alkanes of at least 4 members (excludes halogenated alkanes) is 22. The van der Waals surface area contributed by atoms with Gasteiger partial charge in [-0.3, -0.25) is 4.55 Å². The zero-order chi connectivity index (χ0) is 46.5. The summed E-state index contributed by atoms with van der Waals surface area (Å²) in [5.74, 6) is 0.141. The van der Waals surface area contributed by atoms with E-state index in [-0.39, 0.29) is 59.9 Å². The number of ether oxygens (including phenoxy) is 2. The van der Waals surface area contributed by atoms with Crippen LogP contribution in [-0.2, 0) is 33.1 Å². The number of phenols is 1. The van der Waals surface area contributed by atoms with Crippen LogP contribution in [0.5, 0.6) is 34.5 Å². The van der Waals surface area contributed by atoms with Gasteiger partial charge in [-0.25, -0.2) is 8.42 Å². The Morgan fingerprint density at radius 1 is 0.477 bits per heavy atom. The van der Waals surface area contributed by atoms with Gasteiger partial charge in [-0.1, -0.05) is 191 Å². The second kappa shape index (κ2) is 33.6. The fourth-order valence-corrected chi connectivity index (χ4v) is 8.57. The van der Waals surface area contributed by atoms with Crippen LogP contribution in [0, 0.1) is 0 Å². The first-order valence-corrected chi connectivity index (χ1v) is 26.8. The molecule has 0 atom stereocenters. The summed E-state index contributed by atoms with van der Waals surface area (Å²) in [5, 5.41) is 21.9. The topological polar surface area (TPSA) is 173 Å². The third-order valence-corrected chi connectivity index (χ3v) is 13.0. The van der Waals surface area contributed by atoms with Crippen molar-refractivity contribution in [1.82, 2.24) is 0 Å². The van der Waals surface area contributed by atoms with Crippen molar-refractivity contribution in [3.05, 3.63) is 96.1 Å². The van der Waals surface area contributed by atoms with E-state index >= 15 is 0 Å². The molecule has 4 rings (SSSR count). The maximum absolute atomic E-state index is 12.0. The first-order valence-electron chi connectivity index (χ1n) is 23.9. The molecule has 356 valence electrons. The molecule has 0 heterocycles. The standard InChI is InChI=1S/2C26H38O5S.Ca/c2*1-2-3-4-5-6-7-8-9-10-11-12-13-15-22-16-14-17-23(20-22)31-26-21-24(32(28,29)30)18-19-25(26)27;/h2*14,16-21,27H,2-13,15H2,1H3,(H,28,29,30);/q;;+2/p-2. The minimum absolute atomic E-state index is 0. The Kier molecular flexibility index (Phi) is 30.1. The van der Waals surface area contributed by atoms with Gasteiger partial charge in [0.05, 0.1) is 9.79 Å². The second-order valence-electron chi connectivity index (χ2n) is 16.9. The van der Waals surface area contributed by atoms with Gasteiger partial charge in [0.15, 0.2) is 11.5 Å². The third-order valence-electron chi connectivity index (χ3n) is 11.3. The average Bonchev–Trinajstić information content (AvgIpc) is 3.26. The number of hydrogen-bond donors (Lipinski definition) is 2. The summed E-state index contributed by atoms with van der Waals surface area (Å²) in [5.41, 5.74) is 2.25. The Balaban J connectivity index is 0.000000440. The van der Waals surface area contributed by atoms with Crippen LogP contribution >= 0.6 is 0 Å². The van der Waals surface area contributed by atoms with Gasteiger partial charge in [-0.15, -0.1) is 0 Å². The number of rotatable bonds is 32. The summed E-state index contributed by atoms with van der Waals surface area (Å²) in [6, 6.07) is 21.5. The van der Waals surface area contributed by atoms with E-state index in [1.54, 1.807) is 12.1 Å².